The Labute approximate surface area is 175 Å². The summed E-state index contributed by atoms with van der Waals surface area (Å²) < 4.78 is 7.40. The molecule has 2 fully saturated rings. The Morgan fingerprint density at radius 1 is 1.37 bits per heavy atom. The fourth-order valence-corrected chi connectivity index (χ4v) is 4.32. The van der Waals surface area contributed by atoms with Gasteiger partial charge in [-0.1, -0.05) is 19.8 Å². The van der Waals surface area contributed by atoms with Crippen molar-refractivity contribution in [2.45, 2.75) is 51.6 Å². The lowest BCUT2D eigenvalue weighted by molar-refractivity contribution is -0.141. The standard InChI is InChI=1S/C19H32N4O2.2ClH/c1-4-6-15-10-23(11-16-9-20-14-22(16)2)12-17(15)21-18(24)19(13-25-3)7-5-8-19;;/h9,14-15,17H,4-8,10-13H2,1-3H3,(H,21,24);2*1H/t15-,17-;;/m0../s1. The van der Waals surface area contributed by atoms with Crippen LogP contribution in [0.25, 0.3) is 0 Å². The van der Waals surface area contributed by atoms with E-state index in [1.807, 2.05) is 19.6 Å². The quantitative estimate of drug-likeness (QED) is 0.702. The van der Waals surface area contributed by atoms with Gasteiger partial charge in [0.15, 0.2) is 0 Å². The molecule has 156 valence electrons. The highest BCUT2D eigenvalue weighted by Gasteiger charge is 2.46. The smallest absolute Gasteiger partial charge is 0.228 e. The van der Waals surface area contributed by atoms with E-state index >= 15 is 0 Å². The van der Waals surface area contributed by atoms with Crippen LogP contribution >= 0.6 is 24.8 Å². The van der Waals surface area contributed by atoms with Crippen molar-refractivity contribution in [2.24, 2.45) is 18.4 Å². The summed E-state index contributed by atoms with van der Waals surface area (Å²) in [7, 11) is 3.73. The Bertz CT molecular complexity index is 592. The molecule has 27 heavy (non-hydrogen) atoms. The van der Waals surface area contributed by atoms with Crippen LogP contribution < -0.4 is 5.32 Å². The number of aryl methyl sites for hydroxylation is 1. The minimum absolute atomic E-state index is 0. The number of rotatable bonds is 8. The first kappa shape index (κ1) is 24.2. The van der Waals surface area contributed by atoms with E-state index in [0.717, 1.165) is 51.7 Å². The third-order valence-electron chi connectivity index (χ3n) is 6.01. The molecule has 2 atom stereocenters. The first-order valence-corrected chi connectivity index (χ1v) is 9.55. The van der Waals surface area contributed by atoms with Crippen LogP contribution in [0, 0.1) is 11.3 Å². The van der Waals surface area contributed by atoms with Crippen LogP contribution in [0.1, 0.15) is 44.7 Å². The Kier molecular flexibility index (Phi) is 9.55. The van der Waals surface area contributed by atoms with Crippen molar-refractivity contribution >= 4 is 30.7 Å². The summed E-state index contributed by atoms with van der Waals surface area (Å²) in [6.45, 7) is 5.63. The third kappa shape index (κ3) is 5.37. The molecule has 1 amide bonds. The summed E-state index contributed by atoms with van der Waals surface area (Å²) in [5.41, 5.74) is 0.943. The van der Waals surface area contributed by atoms with Crippen molar-refractivity contribution in [3.8, 4) is 0 Å². The van der Waals surface area contributed by atoms with E-state index in [1.165, 1.54) is 5.69 Å². The number of carbonyl (C=O) groups excluding carboxylic acids is 1. The van der Waals surface area contributed by atoms with Gasteiger partial charge in [0.2, 0.25) is 5.91 Å². The van der Waals surface area contributed by atoms with Crippen molar-refractivity contribution in [3.05, 3.63) is 18.2 Å². The van der Waals surface area contributed by atoms with E-state index in [4.69, 9.17) is 4.74 Å². The van der Waals surface area contributed by atoms with E-state index in [1.54, 1.807) is 7.11 Å². The van der Waals surface area contributed by atoms with Crippen LogP contribution in [0.4, 0.5) is 0 Å². The van der Waals surface area contributed by atoms with Crippen LogP contribution in [0.2, 0.25) is 0 Å². The van der Waals surface area contributed by atoms with Crippen molar-refractivity contribution < 1.29 is 9.53 Å². The van der Waals surface area contributed by atoms with Gasteiger partial charge in [0, 0.05) is 46.0 Å². The zero-order valence-electron chi connectivity index (χ0n) is 16.6. The van der Waals surface area contributed by atoms with E-state index in [2.05, 4.69) is 26.7 Å². The Hall–Kier alpha value is -0.820. The lowest BCUT2D eigenvalue weighted by atomic mass is 9.68. The van der Waals surface area contributed by atoms with Crippen LogP contribution in [0.5, 0.6) is 0 Å². The van der Waals surface area contributed by atoms with Crippen LogP contribution in [-0.2, 0) is 23.1 Å². The minimum Gasteiger partial charge on any atom is -0.384 e. The van der Waals surface area contributed by atoms with Gasteiger partial charge in [-0.15, -0.1) is 24.8 Å². The highest BCUT2D eigenvalue weighted by atomic mass is 35.5. The number of halogens is 2. The average molecular weight is 421 g/mol. The van der Waals surface area contributed by atoms with Crippen LogP contribution in [0.15, 0.2) is 12.5 Å². The van der Waals surface area contributed by atoms with Gasteiger partial charge in [0.05, 0.1) is 24.0 Å². The van der Waals surface area contributed by atoms with Gasteiger partial charge in [-0.05, 0) is 25.2 Å². The molecule has 1 aromatic heterocycles. The van der Waals surface area contributed by atoms with E-state index in [-0.39, 0.29) is 42.2 Å². The first-order valence-electron chi connectivity index (χ1n) is 9.55. The number of likely N-dealkylation sites (tertiary alicyclic amines) is 1. The molecule has 0 bridgehead atoms. The predicted octanol–water partition coefficient (Wildman–Crippen LogP) is 2.80. The van der Waals surface area contributed by atoms with E-state index < -0.39 is 0 Å². The highest BCUT2D eigenvalue weighted by molar-refractivity contribution is 5.85. The number of ether oxygens (including phenoxy) is 1. The fourth-order valence-electron chi connectivity index (χ4n) is 4.32. The molecule has 0 spiro atoms. The molecule has 0 unspecified atom stereocenters. The number of imidazole rings is 1. The van der Waals surface area contributed by atoms with E-state index in [9.17, 15) is 4.79 Å². The zero-order chi connectivity index (χ0) is 17.9. The second-order valence-electron chi connectivity index (χ2n) is 7.89. The Balaban J connectivity index is 0.00000182. The lowest BCUT2D eigenvalue weighted by Crippen LogP contribution is -2.53. The van der Waals surface area contributed by atoms with Gasteiger partial charge in [-0.2, -0.15) is 0 Å². The number of amides is 1. The van der Waals surface area contributed by atoms with E-state index in [0.29, 0.717) is 12.5 Å². The lowest BCUT2D eigenvalue weighted by Gasteiger charge is -2.40. The summed E-state index contributed by atoms with van der Waals surface area (Å²) in [5.74, 6) is 0.732. The molecule has 1 saturated carbocycles. The molecule has 1 aromatic rings. The molecule has 0 aromatic carbocycles. The molecule has 2 heterocycles. The normalized spacial score (nSPS) is 23.8. The van der Waals surface area contributed by atoms with Crippen LogP contribution in [0.3, 0.4) is 0 Å². The largest absolute Gasteiger partial charge is 0.384 e. The maximum Gasteiger partial charge on any atom is 0.228 e. The number of hydrogen-bond donors (Lipinski definition) is 1. The van der Waals surface area contributed by atoms with Crippen molar-refractivity contribution in [1.82, 2.24) is 19.8 Å². The van der Waals surface area contributed by atoms with Crippen molar-refractivity contribution in [1.29, 1.82) is 0 Å². The number of nitrogens with zero attached hydrogens (tertiary/aromatic N) is 3. The Morgan fingerprint density at radius 2 is 2.11 bits per heavy atom. The molecular weight excluding hydrogens is 387 g/mol. The number of aromatic nitrogens is 2. The van der Waals surface area contributed by atoms with Gasteiger partial charge >= 0.3 is 0 Å². The molecule has 6 nitrogen and oxygen atoms in total. The molecule has 2 aliphatic rings. The maximum atomic E-state index is 12.9. The van der Waals surface area contributed by atoms with Gasteiger partial charge in [0.1, 0.15) is 0 Å². The number of methoxy groups -OCH3 is 1. The van der Waals surface area contributed by atoms with Gasteiger partial charge in [-0.25, -0.2) is 4.98 Å². The molecule has 8 heteroatoms. The summed E-state index contributed by atoms with van der Waals surface area (Å²) >= 11 is 0. The Morgan fingerprint density at radius 3 is 2.63 bits per heavy atom. The highest BCUT2D eigenvalue weighted by Crippen LogP contribution is 2.41. The number of nitrogens with one attached hydrogen (secondary N) is 1. The zero-order valence-corrected chi connectivity index (χ0v) is 18.3. The molecule has 3 rings (SSSR count). The van der Waals surface area contributed by atoms with Gasteiger partial charge < -0.3 is 14.6 Å². The third-order valence-corrected chi connectivity index (χ3v) is 6.01. The fraction of sp³-hybridized carbons (Fsp3) is 0.789. The predicted molar refractivity (Wildman–Crippen MR) is 111 cm³/mol. The summed E-state index contributed by atoms with van der Waals surface area (Å²) in [6.07, 6.45) is 9.13. The molecule has 1 aliphatic carbocycles. The maximum absolute atomic E-state index is 12.9. The second kappa shape index (κ2) is 10.6. The SMILES string of the molecule is CCC[C@H]1CN(Cc2cncn2C)C[C@@H]1NC(=O)C1(COC)CCC1.Cl.Cl. The van der Waals surface area contributed by atoms with Gasteiger partial charge in [0.25, 0.3) is 0 Å². The number of hydrogen-bond acceptors (Lipinski definition) is 4. The number of carbonyl (C=O) groups is 1. The molecule has 0 radical (unpaired) electrons. The minimum atomic E-state index is -0.277. The second-order valence-corrected chi connectivity index (χ2v) is 7.89. The van der Waals surface area contributed by atoms with Gasteiger partial charge in [-0.3, -0.25) is 9.69 Å². The monoisotopic (exact) mass is 420 g/mol. The molecule has 1 aliphatic heterocycles. The molecule has 1 saturated heterocycles. The first-order chi connectivity index (χ1) is 12.1. The van der Waals surface area contributed by atoms with Crippen molar-refractivity contribution in [3.63, 3.8) is 0 Å². The van der Waals surface area contributed by atoms with Crippen molar-refractivity contribution in [2.75, 3.05) is 26.8 Å². The molecule has 1 N–H and O–H groups in total. The average Bonchev–Trinajstić information content (AvgIpc) is 3.11. The van der Waals surface area contributed by atoms with Crippen LogP contribution in [-0.4, -0.2) is 53.2 Å². The summed E-state index contributed by atoms with van der Waals surface area (Å²) in [6, 6.07) is 0.245. The summed E-state index contributed by atoms with van der Waals surface area (Å²) in [4.78, 5) is 19.6. The topological polar surface area (TPSA) is 59.4 Å². The molecular formula is C19H34Cl2N4O2. The summed E-state index contributed by atoms with van der Waals surface area (Å²) in [5, 5.41) is 3.38.